The third-order valence-corrected chi connectivity index (χ3v) is 6.40. The highest BCUT2D eigenvalue weighted by atomic mass is 16.5. The molecule has 0 amide bonds. The molecule has 0 aliphatic rings. The van der Waals surface area contributed by atoms with Gasteiger partial charge in [-0.2, -0.15) is 0 Å². The van der Waals surface area contributed by atoms with Crippen molar-refractivity contribution in [2.24, 2.45) is 0 Å². The topological polar surface area (TPSA) is 26.3 Å². The highest BCUT2D eigenvalue weighted by Gasteiger charge is 2.02. The van der Waals surface area contributed by atoms with Gasteiger partial charge in [-0.1, -0.05) is 142 Å². The minimum Gasteiger partial charge on any atom is -0.466 e. The van der Waals surface area contributed by atoms with Gasteiger partial charge in [0, 0.05) is 6.42 Å². The largest absolute Gasteiger partial charge is 0.466 e. The molecule has 2 nitrogen and oxygen atoms in total. The molecule has 190 valence electrons. The molecule has 0 radical (unpaired) electrons. The van der Waals surface area contributed by atoms with E-state index in [-0.39, 0.29) is 5.97 Å². The highest BCUT2D eigenvalue weighted by molar-refractivity contribution is 5.69. The monoisotopic (exact) mass is 450 g/mol. The third-order valence-electron chi connectivity index (χ3n) is 6.40. The molecule has 0 spiro atoms. The Kier molecular flexibility index (Phi) is 27.5. The molecular weight excluding hydrogens is 392 g/mol. The number of ether oxygens (including phenoxy) is 1. The number of carbonyl (C=O) groups excluding carboxylic acids is 1. The van der Waals surface area contributed by atoms with Gasteiger partial charge in [0.2, 0.25) is 0 Å². The minimum absolute atomic E-state index is 0.0125. The number of esters is 1. The molecule has 0 bridgehead atoms. The fourth-order valence-electron chi connectivity index (χ4n) is 4.17. The molecule has 0 aliphatic carbocycles. The van der Waals surface area contributed by atoms with E-state index in [1.807, 2.05) is 0 Å². The van der Waals surface area contributed by atoms with Gasteiger partial charge in [0.15, 0.2) is 0 Å². The van der Waals surface area contributed by atoms with Crippen LogP contribution in [0.3, 0.4) is 0 Å². The summed E-state index contributed by atoms with van der Waals surface area (Å²) in [6.07, 6.45) is 35.3. The second kappa shape index (κ2) is 28.2. The first-order valence-corrected chi connectivity index (χ1v) is 14.6. The lowest BCUT2D eigenvalue weighted by molar-refractivity contribution is -0.143. The van der Waals surface area contributed by atoms with Gasteiger partial charge in [0.1, 0.15) is 0 Å². The van der Waals surface area contributed by atoms with Crippen molar-refractivity contribution in [3.05, 3.63) is 12.2 Å². The van der Waals surface area contributed by atoms with Crippen molar-refractivity contribution >= 4 is 5.97 Å². The van der Waals surface area contributed by atoms with Gasteiger partial charge in [-0.15, -0.1) is 0 Å². The zero-order valence-corrected chi connectivity index (χ0v) is 22.1. The molecule has 0 atom stereocenters. The van der Waals surface area contributed by atoms with E-state index < -0.39 is 0 Å². The Balaban J connectivity index is 3.17. The maximum atomic E-state index is 11.8. The van der Waals surface area contributed by atoms with Crippen LogP contribution in [0.15, 0.2) is 12.2 Å². The summed E-state index contributed by atoms with van der Waals surface area (Å²) in [4.78, 5) is 11.8. The molecular formula is C30H58O2. The molecule has 0 aliphatic heterocycles. The van der Waals surface area contributed by atoms with Crippen LogP contribution in [0.5, 0.6) is 0 Å². The zero-order valence-electron chi connectivity index (χ0n) is 22.1. The Labute approximate surface area is 202 Å². The highest BCUT2D eigenvalue weighted by Crippen LogP contribution is 2.13. The van der Waals surface area contributed by atoms with Crippen LogP contribution in [-0.4, -0.2) is 12.6 Å². The van der Waals surface area contributed by atoms with E-state index in [4.69, 9.17) is 4.74 Å². The molecule has 0 saturated heterocycles. The average Bonchev–Trinajstić information content (AvgIpc) is 2.80. The van der Waals surface area contributed by atoms with Gasteiger partial charge in [0.25, 0.3) is 0 Å². The van der Waals surface area contributed by atoms with Crippen molar-refractivity contribution in [2.45, 2.75) is 168 Å². The summed E-state index contributed by atoms with van der Waals surface area (Å²) in [5.74, 6) is 0.0125. The molecule has 0 aromatic heterocycles. The van der Waals surface area contributed by atoms with E-state index in [0.717, 1.165) is 19.3 Å². The molecule has 0 N–H and O–H groups in total. The summed E-state index contributed by atoms with van der Waals surface area (Å²) < 4.78 is 5.39. The Bertz CT molecular complexity index is 388. The van der Waals surface area contributed by atoms with Crippen molar-refractivity contribution in [3.63, 3.8) is 0 Å². The minimum atomic E-state index is 0.0125. The van der Waals surface area contributed by atoms with Crippen LogP contribution in [0.1, 0.15) is 168 Å². The summed E-state index contributed by atoms with van der Waals surface area (Å²) in [7, 11) is 0. The van der Waals surface area contributed by atoms with Gasteiger partial charge in [-0.05, 0) is 32.1 Å². The molecule has 2 heteroatoms. The fourth-order valence-corrected chi connectivity index (χ4v) is 4.17. The van der Waals surface area contributed by atoms with Crippen LogP contribution in [-0.2, 0) is 9.53 Å². The maximum absolute atomic E-state index is 11.8. The normalized spacial score (nSPS) is 11.4. The molecule has 0 heterocycles. The Hall–Kier alpha value is -0.790. The fraction of sp³-hybridized carbons (Fsp3) is 0.900. The van der Waals surface area contributed by atoms with Crippen LogP contribution >= 0.6 is 0 Å². The molecule has 0 rings (SSSR count). The smallest absolute Gasteiger partial charge is 0.305 e. The predicted octanol–water partition coefficient (Wildman–Crippen LogP) is 10.5. The van der Waals surface area contributed by atoms with Crippen molar-refractivity contribution < 1.29 is 9.53 Å². The van der Waals surface area contributed by atoms with Crippen LogP contribution in [0, 0.1) is 0 Å². The standard InChI is InChI=1S/C30H58O2/c1-3-5-7-9-11-13-15-16-17-19-21-23-25-27-29-32-30(31)28-26-24-22-20-18-14-12-10-8-6-4-2/h10,12H,3-9,11,13-29H2,1-2H3. The summed E-state index contributed by atoms with van der Waals surface area (Å²) in [5, 5.41) is 0. The Morgan fingerprint density at radius 1 is 0.500 bits per heavy atom. The van der Waals surface area contributed by atoms with Crippen molar-refractivity contribution in [1.82, 2.24) is 0 Å². The zero-order chi connectivity index (χ0) is 23.4. The first-order valence-electron chi connectivity index (χ1n) is 14.6. The molecule has 0 aromatic carbocycles. The van der Waals surface area contributed by atoms with E-state index in [1.54, 1.807) is 0 Å². The van der Waals surface area contributed by atoms with Crippen LogP contribution in [0.25, 0.3) is 0 Å². The van der Waals surface area contributed by atoms with E-state index in [1.165, 1.54) is 128 Å². The number of rotatable bonds is 26. The number of allylic oxidation sites excluding steroid dienone is 2. The summed E-state index contributed by atoms with van der Waals surface area (Å²) >= 11 is 0. The van der Waals surface area contributed by atoms with Crippen LogP contribution in [0.4, 0.5) is 0 Å². The first-order chi connectivity index (χ1) is 15.8. The van der Waals surface area contributed by atoms with Crippen LogP contribution in [0.2, 0.25) is 0 Å². The molecule has 0 saturated carbocycles. The van der Waals surface area contributed by atoms with Crippen molar-refractivity contribution in [2.75, 3.05) is 6.61 Å². The number of hydrogen-bond donors (Lipinski definition) is 0. The van der Waals surface area contributed by atoms with Gasteiger partial charge in [-0.3, -0.25) is 4.79 Å². The van der Waals surface area contributed by atoms with Crippen LogP contribution < -0.4 is 0 Å². The Morgan fingerprint density at radius 3 is 1.44 bits per heavy atom. The van der Waals surface area contributed by atoms with E-state index in [9.17, 15) is 4.79 Å². The second-order valence-electron chi connectivity index (χ2n) is 9.74. The lowest BCUT2D eigenvalue weighted by Gasteiger charge is -2.05. The number of hydrogen-bond acceptors (Lipinski definition) is 2. The van der Waals surface area contributed by atoms with Crippen molar-refractivity contribution in [1.29, 1.82) is 0 Å². The molecule has 0 unspecified atom stereocenters. The summed E-state index contributed by atoms with van der Waals surface area (Å²) in [5.41, 5.74) is 0. The van der Waals surface area contributed by atoms with Crippen molar-refractivity contribution in [3.8, 4) is 0 Å². The first kappa shape index (κ1) is 31.2. The third kappa shape index (κ3) is 27.2. The average molecular weight is 451 g/mol. The van der Waals surface area contributed by atoms with E-state index in [2.05, 4.69) is 26.0 Å². The quantitative estimate of drug-likeness (QED) is 0.0744. The predicted molar refractivity (Wildman–Crippen MR) is 142 cm³/mol. The van der Waals surface area contributed by atoms with Gasteiger partial charge < -0.3 is 4.74 Å². The van der Waals surface area contributed by atoms with Gasteiger partial charge in [0.05, 0.1) is 6.61 Å². The van der Waals surface area contributed by atoms with Gasteiger partial charge in [-0.25, -0.2) is 0 Å². The number of carbonyl (C=O) groups is 1. The van der Waals surface area contributed by atoms with E-state index >= 15 is 0 Å². The summed E-state index contributed by atoms with van der Waals surface area (Å²) in [6, 6.07) is 0. The van der Waals surface area contributed by atoms with E-state index in [0.29, 0.717) is 13.0 Å². The molecule has 0 fully saturated rings. The maximum Gasteiger partial charge on any atom is 0.305 e. The Morgan fingerprint density at radius 2 is 0.906 bits per heavy atom. The molecule has 0 aromatic rings. The second-order valence-corrected chi connectivity index (χ2v) is 9.74. The molecule has 32 heavy (non-hydrogen) atoms. The number of unbranched alkanes of at least 4 members (excludes halogenated alkanes) is 20. The lowest BCUT2D eigenvalue weighted by Crippen LogP contribution is -2.05. The summed E-state index contributed by atoms with van der Waals surface area (Å²) in [6.45, 7) is 5.15. The lowest BCUT2D eigenvalue weighted by atomic mass is 10.0. The SMILES string of the molecule is CCCCC=CCCCCCCCC(=O)OCCCCCCCCCCCCCCCC. The van der Waals surface area contributed by atoms with Gasteiger partial charge >= 0.3 is 5.97 Å².